The maximum atomic E-state index is 12.5. The van der Waals surface area contributed by atoms with Gasteiger partial charge >= 0.3 is 0 Å². The van der Waals surface area contributed by atoms with Gasteiger partial charge in [-0.15, -0.1) is 0 Å². The Morgan fingerprint density at radius 3 is 2.35 bits per heavy atom. The van der Waals surface area contributed by atoms with Gasteiger partial charge < -0.3 is 5.32 Å². The number of rotatable bonds is 5. The van der Waals surface area contributed by atoms with Gasteiger partial charge in [-0.3, -0.25) is 14.9 Å². The van der Waals surface area contributed by atoms with E-state index in [1.54, 1.807) is 25.1 Å². The molecule has 0 atom stereocenters. The van der Waals surface area contributed by atoms with Gasteiger partial charge in [0.15, 0.2) is 0 Å². The standard InChI is InChI=1S/C15H14N2O5S/c1-2-15(18)16-13-9-8-12(10-14(13)17(19)20)23(21,22)11-6-4-3-5-7-11/h3-10H,2H2,1H3,(H,16,18). The van der Waals surface area contributed by atoms with Crippen LogP contribution < -0.4 is 5.32 Å². The molecule has 0 aromatic heterocycles. The smallest absolute Gasteiger partial charge is 0.294 e. The first-order valence-electron chi connectivity index (χ1n) is 6.74. The van der Waals surface area contributed by atoms with Crippen LogP contribution in [0.2, 0.25) is 0 Å². The van der Waals surface area contributed by atoms with Crippen molar-refractivity contribution < 1.29 is 18.1 Å². The van der Waals surface area contributed by atoms with Gasteiger partial charge in [-0.2, -0.15) is 0 Å². The van der Waals surface area contributed by atoms with E-state index in [4.69, 9.17) is 0 Å². The van der Waals surface area contributed by atoms with E-state index in [-0.39, 0.29) is 21.9 Å². The second-order valence-corrected chi connectivity index (χ2v) is 6.60. The normalized spacial score (nSPS) is 11.0. The quantitative estimate of drug-likeness (QED) is 0.668. The maximum Gasteiger partial charge on any atom is 0.294 e. The summed E-state index contributed by atoms with van der Waals surface area (Å²) in [6, 6.07) is 11.0. The molecular formula is C15H14N2O5S. The van der Waals surface area contributed by atoms with Gasteiger partial charge in [0.2, 0.25) is 15.7 Å². The van der Waals surface area contributed by atoms with Gasteiger partial charge in [0.1, 0.15) is 5.69 Å². The molecule has 2 aromatic rings. The van der Waals surface area contributed by atoms with Crippen LogP contribution in [0.3, 0.4) is 0 Å². The molecule has 0 heterocycles. The van der Waals surface area contributed by atoms with Crippen molar-refractivity contribution in [3.63, 3.8) is 0 Å². The number of anilines is 1. The second-order valence-electron chi connectivity index (χ2n) is 4.65. The van der Waals surface area contributed by atoms with E-state index in [9.17, 15) is 23.3 Å². The Labute approximate surface area is 133 Å². The number of nitrogens with zero attached hydrogens (tertiary/aromatic N) is 1. The van der Waals surface area contributed by atoms with Crippen LogP contribution in [0.1, 0.15) is 13.3 Å². The minimum Gasteiger partial charge on any atom is -0.320 e. The summed E-state index contributed by atoms with van der Waals surface area (Å²) in [5.41, 5.74) is -0.502. The lowest BCUT2D eigenvalue weighted by atomic mass is 10.2. The Bertz CT molecular complexity index is 847. The summed E-state index contributed by atoms with van der Waals surface area (Å²) in [6.07, 6.45) is 0.154. The second kappa shape index (κ2) is 6.57. The van der Waals surface area contributed by atoms with Gasteiger partial charge in [0.25, 0.3) is 5.69 Å². The Kier molecular flexibility index (Phi) is 4.75. The summed E-state index contributed by atoms with van der Waals surface area (Å²) in [7, 11) is -3.86. The van der Waals surface area contributed by atoms with Gasteiger partial charge in [0.05, 0.1) is 14.7 Å². The van der Waals surface area contributed by atoms with E-state index >= 15 is 0 Å². The number of nitro groups is 1. The van der Waals surface area contributed by atoms with Crippen LogP contribution in [0.4, 0.5) is 11.4 Å². The zero-order chi connectivity index (χ0) is 17.0. The lowest BCUT2D eigenvalue weighted by Crippen LogP contribution is -2.12. The Morgan fingerprint density at radius 2 is 1.78 bits per heavy atom. The number of nitro benzene ring substituents is 1. The highest BCUT2D eigenvalue weighted by Gasteiger charge is 2.23. The molecule has 0 aliphatic carbocycles. The molecule has 0 bridgehead atoms. The predicted molar refractivity (Wildman–Crippen MR) is 83.9 cm³/mol. The summed E-state index contributed by atoms with van der Waals surface area (Å²) in [5.74, 6) is -0.397. The molecular weight excluding hydrogens is 320 g/mol. The van der Waals surface area contributed by atoms with E-state index in [1.807, 2.05) is 0 Å². The lowest BCUT2D eigenvalue weighted by Gasteiger charge is -2.08. The summed E-state index contributed by atoms with van der Waals surface area (Å²) < 4.78 is 25.0. The number of hydrogen-bond donors (Lipinski definition) is 1. The van der Waals surface area contributed by atoms with E-state index in [2.05, 4.69) is 5.32 Å². The maximum absolute atomic E-state index is 12.5. The molecule has 0 saturated carbocycles. The van der Waals surface area contributed by atoms with Crippen LogP contribution >= 0.6 is 0 Å². The van der Waals surface area contributed by atoms with Crippen molar-refractivity contribution in [2.24, 2.45) is 0 Å². The highest BCUT2D eigenvalue weighted by Crippen LogP contribution is 2.30. The highest BCUT2D eigenvalue weighted by molar-refractivity contribution is 7.91. The Balaban J connectivity index is 2.52. The molecule has 2 rings (SSSR count). The van der Waals surface area contributed by atoms with Crippen LogP contribution in [0.15, 0.2) is 58.3 Å². The van der Waals surface area contributed by atoms with Crippen molar-refractivity contribution in [1.82, 2.24) is 0 Å². The number of amides is 1. The first-order chi connectivity index (χ1) is 10.9. The minimum atomic E-state index is -3.86. The fourth-order valence-electron chi connectivity index (χ4n) is 1.91. The molecule has 2 aromatic carbocycles. The number of carbonyl (C=O) groups is 1. The van der Waals surface area contributed by atoms with Crippen LogP contribution in [0.5, 0.6) is 0 Å². The third-order valence-corrected chi connectivity index (χ3v) is 4.89. The molecule has 0 aliphatic heterocycles. The molecule has 0 radical (unpaired) electrons. The largest absolute Gasteiger partial charge is 0.320 e. The number of sulfone groups is 1. The molecule has 7 nitrogen and oxygen atoms in total. The van der Waals surface area contributed by atoms with Gasteiger partial charge in [-0.25, -0.2) is 8.42 Å². The zero-order valence-electron chi connectivity index (χ0n) is 12.2. The molecule has 0 saturated heterocycles. The van der Waals surface area contributed by atoms with Gasteiger partial charge in [0, 0.05) is 12.5 Å². The van der Waals surface area contributed by atoms with Crippen molar-refractivity contribution in [3.8, 4) is 0 Å². The minimum absolute atomic E-state index is 0.0335. The number of carbonyl (C=O) groups excluding carboxylic acids is 1. The van der Waals surface area contributed by atoms with Crippen LogP contribution in [0.25, 0.3) is 0 Å². The van der Waals surface area contributed by atoms with Crippen LogP contribution in [0, 0.1) is 10.1 Å². The van der Waals surface area contributed by atoms with E-state index in [0.29, 0.717) is 0 Å². The van der Waals surface area contributed by atoms with Crippen molar-refractivity contribution in [1.29, 1.82) is 0 Å². The van der Waals surface area contributed by atoms with Crippen LogP contribution in [-0.4, -0.2) is 19.2 Å². The highest BCUT2D eigenvalue weighted by atomic mass is 32.2. The monoisotopic (exact) mass is 334 g/mol. The number of benzene rings is 2. The number of hydrogen-bond acceptors (Lipinski definition) is 5. The summed E-state index contributed by atoms with van der Waals surface area (Å²) in [6.45, 7) is 1.61. The van der Waals surface area contributed by atoms with E-state index in [1.165, 1.54) is 24.3 Å². The van der Waals surface area contributed by atoms with Crippen LogP contribution in [-0.2, 0) is 14.6 Å². The average molecular weight is 334 g/mol. The first kappa shape index (κ1) is 16.6. The lowest BCUT2D eigenvalue weighted by molar-refractivity contribution is -0.384. The molecule has 23 heavy (non-hydrogen) atoms. The third-order valence-electron chi connectivity index (χ3n) is 3.12. The first-order valence-corrected chi connectivity index (χ1v) is 8.23. The SMILES string of the molecule is CCC(=O)Nc1ccc(S(=O)(=O)c2ccccc2)cc1[N+](=O)[O-]. The van der Waals surface area contributed by atoms with Crippen molar-refractivity contribution in [3.05, 3.63) is 58.6 Å². The predicted octanol–water partition coefficient (Wildman–Crippen LogP) is 2.78. The summed E-state index contributed by atoms with van der Waals surface area (Å²) >= 11 is 0. The molecule has 120 valence electrons. The molecule has 0 unspecified atom stereocenters. The summed E-state index contributed by atoms with van der Waals surface area (Å²) in [5, 5.41) is 13.6. The topological polar surface area (TPSA) is 106 Å². The van der Waals surface area contributed by atoms with Crippen molar-refractivity contribution in [2.45, 2.75) is 23.1 Å². The molecule has 1 N–H and O–H groups in total. The van der Waals surface area contributed by atoms with E-state index < -0.39 is 26.4 Å². The number of nitrogens with one attached hydrogen (secondary N) is 1. The molecule has 0 spiro atoms. The third kappa shape index (κ3) is 3.54. The van der Waals surface area contributed by atoms with Gasteiger partial charge in [-0.1, -0.05) is 25.1 Å². The fourth-order valence-corrected chi connectivity index (χ4v) is 3.21. The molecule has 0 fully saturated rings. The summed E-state index contributed by atoms with van der Waals surface area (Å²) in [4.78, 5) is 21.7. The molecule has 1 amide bonds. The average Bonchev–Trinajstić information content (AvgIpc) is 2.55. The Hall–Kier alpha value is -2.74. The Morgan fingerprint density at radius 1 is 1.13 bits per heavy atom. The fraction of sp³-hybridized carbons (Fsp3) is 0.133. The zero-order valence-corrected chi connectivity index (χ0v) is 13.0. The molecule has 8 heteroatoms. The van der Waals surface area contributed by atoms with Gasteiger partial charge in [-0.05, 0) is 24.3 Å². The van der Waals surface area contributed by atoms with Crippen molar-refractivity contribution >= 4 is 27.1 Å². The van der Waals surface area contributed by atoms with Crippen molar-refractivity contribution in [2.75, 3.05) is 5.32 Å². The van der Waals surface area contributed by atoms with E-state index in [0.717, 1.165) is 6.07 Å². The molecule has 0 aliphatic rings.